The molecule has 0 saturated heterocycles. The maximum absolute atomic E-state index is 5.29. The van der Waals surface area contributed by atoms with Gasteiger partial charge in [-0.2, -0.15) is 0 Å². The van der Waals surface area contributed by atoms with E-state index in [0.717, 1.165) is 6.54 Å². The van der Waals surface area contributed by atoms with E-state index in [4.69, 9.17) is 11.6 Å². The van der Waals surface area contributed by atoms with Crippen LogP contribution in [0.1, 0.15) is 6.92 Å². The summed E-state index contributed by atoms with van der Waals surface area (Å²) in [5.74, 6) is 0. The van der Waals surface area contributed by atoms with Gasteiger partial charge in [-0.3, -0.25) is 0 Å². The first-order chi connectivity index (χ1) is 3.77. The van der Waals surface area contributed by atoms with Gasteiger partial charge in [-0.1, -0.05) is 18.5 Å². The summed E-state index contributed by atoms with van der Waals surface area (Å²) in [6.07, 6.45) is 0. The molecule has 0 amide bonds. The summed E-state index contributed by atoms with van der Waals surface area (Å²) in [4.78, 5) is 0. The van der Waals surface area contributed by atoms with Crippen molar-refractivity contribution in [3.05, 3.63) is 0 Å². The fourth-order valence-electron chi connectivity index (χ4n) is 0.257. The maximum atomic E-state index is 5.29. The van der Waals surface area contributed by atoms with Crippen LogP contribution in [0.5, 0.6) is 0 Å². The number of halogens is 1. The standard InChI is InChI=1S/C4H9ClN2S/c1-2-6-3-7-4(5)8/h6H,2-3H2,1H3,(H,7,8). The number of nitrogens with one attached hydrogen (secondary N) is 2. The van der Waals surface area contributed by atoms with Crippen LogP contribution < -0.4 is 10.6 Å². The van der Waals surface area contributed by atoms with Crippen molar-refractivity contribution in [2.75, 3.05) is 13.2 Å². The highest BCUT2D eigenvalue weighted by atomic mass is 35.5. The van der Waals surface area contributed by atoms with Crippen LogP contribution in [-0.2, 0) is 0 Å². The van der Waals surface area contributed by atoms with E-state index >= 15 is 0 Å². The van der Waals surface area contributed by atoms with Crippen LogP contribution in [0, 0.1) is 0 Å². The zero-order valence-electron chi connectivity index (χ0n) is 4.70. The molecule has 0 aromatic rings. The van der Waals surface area contributed by atoms with Gasteiger partial charge >= 0.3 is 0 Å². The normalized spacial score (nSPS) is 8.75. The molecular weight excluding hydrogens is 144 g/mol. The monoisotopic (exact) mass is 152 g/mol. The fraction of sp³-hybridized carbons (Fsp3) is 0.750. The van der Waals surface area contributed by atoms with E-state index < -0.39 is 0 Å². The molecule has 4 heteroatoms. The first-order valence-electron chi connectivity index (χ1n) is 2.41. The number of rotatable bonds is 3. The number of hydrogen-bond donors (Lipinski definition) is 2. The zero-order valence-corrected chi connectivity index (χ0v) is 6.27. The Kier molecular flexibility index (Phi) is 5.37. The van der Waals surface area contributed by atoms with Gasteiger partial charge in [0.2, 0.25) is 0 Å². The van der Waals surface area contributed by atoms with Crippen LogP contribution in [0.4, 0.5) is 0 Å². The summed E-state index contributed by atoms with van der Waals surface area (Å²) in [5.41, 5.74) is 0. The predicted molar refractivity (Wildman–Crippen MR) is 40.1 cm³/mol. The Labute approximate surface area is 59.6 Å². The third-order valence-electron chi connectivity index (χ3n) is 0.602. The first kappa shape index (κ1) is 8.14. The van der Waals surface area contributed by atoms with Crippen LogP contribution >= 0.6 is 23.8 Å². The third-order valence-corrected chi connectivity index (χ3v) is 0.880. The average Bonchev–Trinajstić information content (AvgIpc) is 1.66. The Morgan fingerprint density at radius 2 is 2.38 bits per heavy atom. The van der Waals surface area contributed by atoms with Gasteiger partial charge in [0.05, 0.1) is 6.67 Å². The number of thiocarbonyl (C=S) groups is 1. The fourth-order valence-corrected chi connectivity index (χ4v) is 0.396. The van der Waals surface area contributed by atoms with Crippen LogP contribution in [0.15, 0.2) is 0 Å². The molecule has 0 aliphatic rings. The summed E-state index contributed by atoms with van der Waals surface area (Å²) < 4.78 is 0.311. The van der Waals surface area contributed by atoms with Gasteiger partial charge in [0.25, 0.3) is 0 Å². The number of hydrogen-bond acceptors (Lipinski definition) is 2. The predicted octanol–water partition coefficient (Wildman–Crippen LogP) is 0.667. The Bertz CT molecular complexity index is 76.4. The van der Waals surface area contributed by atoms with E-state index in [1.807, 2.05) is 6.92 Å². The van der Waals surface area contributed by atoms with Gasteiger partial charge in [-0.25, -0.2) is 0 Å². The topological polar surface area (TPSA) is 24.1 Å². The van der Waals surface area contributed by atoms with Crippen molar-refractivity contribution >= 4 is 28.3 Å². The average molecular weight is 153 g/mol. The summed E-state index contributed by atoms with van der Waals surface area (Å²) in [7, 11) is 0. The lowest BCUT2D eigenvalue weighted by Crippen LogP contribution is -2.29. The summed E-state index contributed by atoms with van der Waals surface area (Å²) in [6.45, 7) is 3.59. The molecule has 2 nitrogen and oxygen atoms in total. The molecule has 0 aliphatic heterocycles. The molecule has 2 N–H and O–H groups in total. The van der Waals surface area contributed by atoms with E-state index in [1.165, 1.54) is 0 Å². The minimum absolute atomic E-state index is 0.311. The Morgan fingerprint density at radius 1 is 1.75 bits per heavy atom. The third kappa shape index (κ3) is 6.14. The molecule has 0 heterocycles. The molecule has 0 atom stereocenters. The van der Waals surface area contributed by atoms with Crippen molar-refractivity contribution in [1.82, 2.24) is 10.6 Å². The largest absolute Gasteiger partial charge is 0.354 e. The van der Waals surface area contributed by atoms with Gasteiger partial charge in [0, 0.05) is 0 Å². The SMILES string of the molecule is CCNCNC(=S)Cl. The van der Waals surface area contributed by atoms with Gasteiger partial charge < -0.3 is 10.6 Å². The molecule has 0 spiro atoms. The molecule has 0 fully saturated rings. The van der Waals surface area contributed by atoms with E-state index in [2.05, 4.69) is 22.9 Å². The molecule has 48 valence electrons. The molecule has 0 aromatic heterocycles. The minimum Gasteiger partial charge on any atom is -0.354 e. The molecule has 0 rings (SSSR count). The van der Waals surface area contributed by atoms with Crippen molar-refractivity contribution in [3.63, 3.8) is 0 Å². The zero-order chi connectivity index (χ0) is 6.41. The van der Waals surface area contributed by atoms with Crippen LogP contribution in [0.3, 0.4) is 0 Å². The highest BCUT2D eigenvalue weighted by molar-refractivity contribution is 7.83. The van der Waals surface area contributed by atoms with Crippen LogP contribution in [-0.4, -0.2) is 17.7 Å². The second-order valence-electron chi connectivity index (χ2n) is 1.23. The summed E-state index contributed by atoms with van der Waals surface area (Å²) in [5, 5.41) is 5.73. The van der Waals surface area contributed by atoms with Crippen LogP contribution in [0.25, 0.3) is 0 Å². The van der Waals surface area contributed by atoms with Crippen LogP contribution in [0.2, 0.25) is 0 Å². The first-order valence-corrected chi connectivity index (χ1v) is 3.20. The Morgan fingerprint density at radius 3 is 2.75 bits per heavy atom. The quantitative estimate of drug-likeness (QED) is 0.204. The highest BCUT2D eigenvalue weighted by Gasteiger charge is 1.82. The summed E-state index contributed by atoms with van der Waals surface area (Å²) >= 11 is 9.82. The Hall–Kier alpha value is 0.140. The molecule has 0 radical (unpaired) electrons. The van der Waals surface area contributed by atoms with E-state index in [0.29, 0.717) is 11.1 Å². The lowest BCUT2D eigenvalue weighted by atomic mass is 10.7. The van der Waals surface area contributed by atoms with Crippen molar-refractivity contribution in [3.8, 4) is 0 Å². The lowest BCUT2D eigenvalue weighted by Gasteiger charge is -2.00. The van der Waals surface area contributed by atoms with E-state index in [9.17, 15) is 0 Å². The van der Waals surface area contributed by atoms with Crippen molar-refractivity contribution in [1.29, 1.82) is 0 Å². The maximum Gasteiger partial charge on any atom is 0.168 e. The highest BCUT2D eigenvalue weighted by Crippen LogP contribution is 1.74. The smallest absolute Gasteiger partial charge is 0.168 e. The molecule has 0 aliphatic carbocycles. The van der Waals surface area contributed by atoms with Gasteiger partial charge in [0.15, 0.2) is 4.45 Å². The second kappa shape index (κ2) is 5.28. The molecule has 0 bridgehead atoms. The minimum atomic E-state index is 0.311. The van der Waals surface area contributed by atoms with Gasteiger partial charge in [-0.05, 0) is 18.8 Å². The van der Waals surface area contributed by atoms with Crippen molar-refractivity contribution in [2.24, 2.45) is 0 Å². The van der Waals surface area contributed by atoms with E-state index in [1.54, 1.807) is 0 Å². The second-order valence-corrected chi connectivity index (χ2v) is 2.24. The summed E-state index contributed by atoms with van der Waals surface area (Å²) in [6, 6.07) is 0. The van der Waals surface area contributed by atoms with Gasteiger partial charge in [0.1, 0.15) is 0 Å². The molecule has 8 heavy (non-hydrogen) atoms. The van der Waals surface area contributed by atoms with Gasteiger partial charge in [-0.15, -0.1) is 0 Å². The molecule has 0 aromatic carbocycles. The lowest BCUT2D eigenvalue weighted by molar-refractivity contribution is 0.700. The molecule has 0 saturated carbocycles. The van der Waals surface area contributed by atoms with E-state index in [-0.39, 0.29) is 0 Å². The van der Waals surface area contributed by atoms with Crippen molar-refractivity contribution < 1.29 is 0 Å². The Balaban J connectivity index is 2.82. The van der Waals surface area contributed by atoms with Crippen molar-refractivity contribution in [2.45, 2.75) is 6.92 Å². The molecular formula is C4H9ClN2S. The molecule has 0 unspecified atom stereocenters.